The minimum atomic E-state index is -2.04. The van der Waals surface area contributed by atoms with Crippen molar-refractivity contribution < 1.29 is 9.53 Å². The van der Waals surface area contributed by atoms with E-state index in [9.17, 15) is 4.79 Å². The summed E-state index contributed by atoms with van der Waals surface area (Å²) in [5, 5.41) is -2.04. The predicted octanol–water partition coefficient (Wildman–Crippen LogP) is 8.71. The third kappa shape index (κ3) is 12.6. The summed E-state index contributed by atoms with van der Waals surface area (Å²) in [6.07, 6.45) is 20.7. The van der Waals surface area contributed by atoms with Gasteiger partial charge in [0.2, 0.25) is 0 Å². The molecule has 0 aromatic carbocycles. The molecule has 0 amide bonds. The molecule has 0 saturated carbocycles. The molecule has 0 bridgehead atoms. The van der Waals surface area contributed by atoms with Gasteiger partial charge >= 0.3 is 184 Å². The van der Waals surface area contributed by atoms with Crippen molar-refractivity contribution in [3.8, 4) is 0 Å². The van der Waals surface area contributed by atoms with E-state index in [-0.39, 0.29) is 5.97 Å². The molecule has 0 rings (SSSR count). The van der Waals surface area contributed by atoms with Crippen LogP contribution in [0, 0.1) is 0 Å². The number of rotatable bonds is 19. The summed E-state index contributed by atoms with van der Waals surface area (Å²) in [6.45, 7) is 12.8. The van der Waals surface area contributed by atoms with Gasteiger partial charge in [-0.1, -0.05) is 0 Å². The van der Waals surface area contributed by atoms with Crippen LogP contribution in [0.4, 0.5) is 0 Å². The van der Waals surface area contributed by atoms with Crippen molar-refractivity contribution in [2.24, 2.45) is 0 Å². The average Bonchev–Trinajstić information content (AvgIpc) is 2.66. The molecule has 0 aliphatic carbocycles. The van der Waals surface area contributed by atoms with Crippen LogP contribution in [0.1, 0.15) is 105 Å². The number of hydrogen-bond donors (Lipinski definition) is 0. The summed E-state index contributed by atoms with van der Waals surface area (Å²) >= 11 is 4.45. The van der Waals surface area contributed by atoms with Crippen molar-refractivity contribution in [3.63, 3.8) is 0 Å². The number of unbranched alkanes of at least 4 members (excludes halogenated alkanes) is 9. The molecule has 28 heavy (non-hydrogen) atoms. The topological polar surface area (TPSA) is 26.3 Å². The molecule has 0 aromatic heterocycles. The van der Waals surface area contributed by atoms with Gasteiger partial charge in [-0.3, -0.25) is 0 Å². The maximum absolute atomic E-state index is 11.9. The first-order chi connectivity index (χ1) is 13.3. The van der Waals surface area contributed by atoms with Gasteiger partial charge in [-0.25, -0.2) is 0 Å². The zero-order chi connectivity index (χ0) is 21.3. The van der Waals surface area contributed by atoms with Crippen molar-refractivity contribution in [3.05, 3.63) is 12.2 Å². The van der Waals surface area contributed by atoms with Crippen LogP contribution in [-0.4, -0.2) is 37.2 Å². The molecule has 0 saturated heterocycles. The van der Waals surface area contributed by atoms with E-state index in [2.05, 4.69) is 42.8 Å². The standard InChI is InChI=1S/C24H48BrO2P/c1-6-9-12-15-19-28(25,20-16-13-10-7-2,21-17-14-11-8-3)22-18-27-24(26)23(4)5/h4,6-22H2,1-3,5H3. The Labute approximate surface area is 184 Å². The van der Waals surface area contributed by atoms with E-state index in [1.165, 1.54) is 95.5 Å². The van der Waals surface area contributed by atoms with Gasteiger partial charge in [0.1, 0.15) is 0 Å². The molecule has 0 fully saturated rings. The monoisotopic (exact) mass is 478 g/mol. The first-order valence-electron chi connectivity index (χ1n) is 11.9. The molecule has 0 spiro atoms. The summed E-state index contributed by atoms with van der Waals surface area (Å²) in [5.41, 5.74) is 0.503. The summed E-state index contributed by atoms with van der Waals surface area (Å²) < 4.78 is 5.57. The van der Waals surface area contributed by atoms with Crippen LogP contribution in [0.15, 0.2) is 12.2 Å². The van der Waals surface area contributed by atoms with Crippen molar-refractivity contribution in [1.82, 2.24) is 0 Å². The molecule has 0 heterocycles. The Bertz CT molecular complexity index is 402. The van der Waals surface area contributed by atoms with E-state index < -0.39 is 5.31 Å². The molecule has 4 heteroatoms. The number of ether oxygens (including phenoxy) is 1. The maximum atomic E-state index is 11.9. The van der Waals surface area contributed by atoms with E-state index in [1.54, 1.807) is 6.92 Å². The second-order valence-electron chi connectivity index (χ2n) is 8.81. The summed E-state index contributed by atoms with van der Waals surface area (Å²) in [4.78, 5) is 11.9. The Morgan fingerprint density at radius 2 is 1.14 bits per heavy atom. The normalized spacial score (nSPS) is 13.1. The van der Waals surface area contributed by atoms with Gasteiger partial charge in [0.05, 0.1) is 0 Å². The second-order valence-corrected chi connectivity index (χ2v) is 20.3. The van der Waals surface area contributed by atoms with Gasteiger partial charge < -0.3 is 0 Å². The van der Waals surface area contributed by atoms with Crippen LogP contribution in [0.3, 0.4) is 0 Å². The number of hydrogen-bond acceptors (Lipinski definition) is 2. The van der Waals surface area contributed by atoms with E-state index in [4.69, 9.17) is 4.74 Å². The molecule has 0 unspecified atom stereocenters. The van der Waals surface area contributed by atoms with E-state index >= 15 is 0 Å². The number of esters is 1. The molecule has 0 radical (unpaired) electrons. The van der Waals surface area contributed by atoms with Gasteiger partial charge in [0, 0.05) is 0 Å². The van der Waals surface area contributed by atoms with Gasteiger partial charge in [-0.2, -0.15) is 0 Å². The second kappa shape index (κ2) is 15.9. The molecule has 2 nitrogen and oxygen atoms in total. The minimum absolute atomic E-state index is 0.236. The molecular formula is C24H48BrO2P. The molecule has 0 N–H and O–H groups in total. The summed E-state index contributed by atoms with van der Waals surface area (Å²) in [6, 6.07) is 0. The Morgan fingerprint density at radius 1 is 0.750 bits per heavy atom. The Morgan fingerprint density at radius 3 is 1.46 bits per heavy atom. The third-order valence-electron chi connectivity index (χ3n) is 5.94. The number of carbonyl (C=O) groups excluding carboxylic acids is 1. The van der Waals surface area contributed by atoms with Crippen LogP contribution >= 0.6 is 20.8 Å². The first kappa shape index (κ1) is 28.1. The Hall–Kier alpha value is 0.120. The van der Waals surface area contributed by atoms with Crippen LogP contribution in [-0.2, 0) is 9.53 Å². The molecule has 0 atom stereocenters. The molecule has 0 aliphatic rings. The van der Waals surface area contributed by atoms with Crippen molar-refractivity contribution >= 4 is 26.8 Å². The summed E-state index contributed by atoms with van der Waals surface area (Å²) in [7, 11) is 0. The van der Waals surface area contributed by atoms with Crippen molar-refractivity contribution in [1.29, 1.82) is 0 Å². The fourth-order valence-corrected chi connectivity index (χ4v) is 11.6. The molecular weight excluding hydrogens is 431 g/mol. The van der Waals surface area contributed by atoms with E-state index in [1.807, 2.05) is 0 Å². The first-order valence-corrected chi connectivity index (χ1v) is 16.9. The average molecular weight is 480 g/mol. The zero-order valence-corrected chi connectivity index (χ0v) is 21.9. The van der Waals surface area contributed by atoms with Crippen molar-refractivity contribution in [2.45, 2.75) is 105 Å². The van der Waals surface area contributed by atoms with Crippen LogP contribution in [0.25, 0.3) is 0 Å². The van der Waals surface area contributed by atoms with Gasteiger partial charge in [0.15, 0.2) is 0 Å². The van der Waals surface area contributed by atoms with E-state index in [0.29, 0.717) is 12.2 Å². The van der Waals surface area contributed by atoms with Crippen molar-refractivity contribution in [2.75, 3.05) is 31.3 Å². The summed E-state index contributed by atoms with van der Waals surface area (Å²) in [5.74, 6) is -0.236. The van der Waals surface area contributed by atoms with Gasteiger partial charge in [0.25, 0.3) is 0 Å². The number of halogens is 1. The molecule has 0 aliphatic heterocycles. The van der Waals surface area contributed by atoms with Crippen LogP contribution in [0.2, 0.25) is 0 Å². The third-order valence-corrected chi connectivity index (χ3v) is 15.8. The SMILES string of the molecule is C=C(C)C(=O)OCCP(Br)(CCCCCC)(CCCCCC)CCCCCC. The predicted molar refractivity (Wildman–Crippen MR) is 134 cm³/mol. The van der Waals surface area contributed by atoms with Crippen LogP contribution in [0.5, 0.6) is 0 Å². The quantitative estimate of drug-likeness (QED) is 0.0801. The van der Waals surface area contributed by atoms with E-state index in [0.717, 1.165) is 6.16 Å². The van der Waals surface area contributed by atoms with Crippen LogP contribution < -0.4 is 0 Å². The number of carbonyl (C=O) groups is 1. The Kier molecular flexibility index (Phi) is 16.0. The fraction of sp³-hybridized carbons (Fsp3) is 0.875. The van der Waals surface area contributed by atoms with Gasteiger partial charge in [-0.15, -0.1) is 0 Å². The molecule has 0 aromatic rings. The zero-order valence-electron chi connectivity index (χ0n) is 19.4. The fourth-order valence-electron chi connectivity index (χ4n) is 3.96. The Balaban J connectivity index is 5.16. The molecule has 168 valence electrons. The van der Waals surface area contributed by atoms with Gasteiger partial charge in [-0.05, 0) is 0 Å².